The zero-order valence-corrected chi connectivity index (χ0v) is 10.2. The van der Waals surface area contributed by atoms with Gasteiger partial charge in [0.25, 0.3) is 0 Å². The van der Waals surface area contributed by atoms with E-state index >= 15 is 0 Å². The molecule has 1 N–H and O–H groups in total. The molecule has 3 nitrogen and oxygen atoms in total. The molecule has 0 bridgehead atoms. The first-order valence-corrected chi connectivity index (χ1v) is 5.61. The quantitative estimate of drug-likeness (QED) is 0.823. The zero-order chi connectivity index (χ0) is 12.7. The number of halogens is 1. The van der Waals surface area contributed by atoms with E-state index in [4.69, 9.17) is 10.00 Å². The van der Waals surface area contributed by atoms with Crippen LogP contribution in [-0.4, -0.2) is 19.8 Å². The Bertz CT molecular complexity index is 401. The summed E-state index contributed by atoms with van der Waals surface area (Å²) >= 11 is 0. The molecule has 0 aromatic heterocycles. The third kappa shape index (κ3) is 4.51. The summed E-state index contributed by atoms with van der Waals surface area (Å²) in [6.07, 6.45) is 0.939. The number of nitriles is 1. The number of ether oxygens (including phenoxy) is 1. The molecule has 4 heteroatoms. The molecule has 1 unspecified atom stereocenters. The van der Waals surface area contributed by atoms with E-state index in [2.05, 4.69) is 12.2 Å². The third-order valence-corrected chi connectivity index (χ3v) is 2.54. The fourth-order valence-corrected chi connectivity index (χ4v) is 1.60. The van der Waals surface area contributed by atoms with Gasteiger partial charge in [0, 0.05) is 19.7 Å². The lowest BCUT2D eigenvalue weighted by Gasteiger charge is -2.15. The van der Waals surface area contributed by atoms with Gasteiger partial charge in [0.1, 0.15) is 5.82 Å². The summed E-state index contributed by atoms with van der Waals surface area (Å²) in [5.41, 5.74) is 1.12. The highest BCUT2D eigenvalue weighted by atomic mass is 19.1. The summed E-state index contributed by atoms with van der Waals surface area (Å²) in [4.78, 5) is 0. The first-order chi connectivity index (χ1) is 8.19. The first-order valence-electron chi connectivity index (χ1n) is 5.61. The van der Waals surface area contributed by atoms with Gasteiger partial charge in [-0.25, -0.2) is 4.39 Å². The minimum Gasteiger partial charge on any atom is -0.383 e. The van der Waals surface area contributed by atoms with Crippen LogP contribution in [0.15, 0.2) is 18.2 Å². The summed E-state index contributed by atoms with van der Waals surface area (Å²) in [5.74, 6) is -0.374. The normalized spacial score (nSPS) is 12.1. The highest BCUT2D eigenvalue weighted by molar-refractivity contribution is 5.33. The zero-order valence-electron chi connectivity index (χ0n) is 10.2. The van der Waals surface area contributed by atoms with Crippen LogP contribution in [0.2, 0.25) is 0 Å². The van der Waals surface area contributed by atoms with E-state index in [1.807, 2.05) is 6.07 Å². The molecule has 0 aliphatic heterocycles. The second-order valence-corrected chi connectivity index (χ2v) is 3.90. The maximum atomic E-state index is 13.2. The Kier molecular flexibility index (Phi) is 5.61. The van der Waals surface area contributed by atoms with Gasteiger partial charge >= 0.3 is 0 Å². The van der Waals surface area contributed by atoms with Crippen LogP contribution in [0, 0.1) is 17.1 Å². The fraction of sp³-hybridized carbons (Fsp3) is 0.462. The summed E-state index contributed by atoms with van der Waals surface area (Å²) in [5, 5.41) is 12.0. The van der Waals surface area contributed by atoms with Crippen LogP contribution in [-0.2, 0) is 11.3 Å². The van der Waals surface area contributed by atoms with Crippen LogP contribution in [0.25, 0.3) is 0 Å². The maximum Gasteiger partial charge on any atom is 0.124 e. The van der Waals surface area contributed by atoms with E-state index in [1.165, 1.54) is 12.1 Å². The second kappa shape index (κ2) is 7.00. The van der Waals surface area contributed by atoms with E-state index in [-0.39, 0.29) is 11.9 Å². The number of nitrogens with one attached hydrogen (secondary N) is 1. The number of hydrogen-bond donors (Lipinski definition) is 1. The largest absolute Gasteiger partial charge is 0.383 e. The monoisotopic (exact) mass is 236 g/mol. The molecule has 1 aromatic rings. The van der Waals surface area contributed by atoms with Gasteiger partial charge in [-0.3, -0.25) is 0 Å². The molecule has 0 spiro atoms. The first kappa shape index (κ1) is 13.6. The van der Waals surface area contributed by atoms with Crippen LogP contribution < -0.4 is 5.32 Å². The van der Waals surface area contributed by atoms with Crippen LogP contribution in [0.5, 0.6) is 0 Å². The number of methoxy groups -OCH3 is 1. The Morgan fingerprint density at radius 3 is 2.82 bits per heavy atom. The van der Waals surface area contributed by atoms with E-state index in [0.717, 1.165) is 12.0 Å². The SMILES string of the molecule is CCC(COC)NCc1cc(F)cc(C#N)c1. The van der Waals surface area contributed by atoms with E-state index in [9.17, 15) is 4.39 Å². The van der Waals surface area contributed by atoms with E-state index < -0.39 is 0 Å². The molecule has 1 atom stereocenters. The standard InChI is InChI=1S/C13H17FN2O/c1-3-13(9-17-2)16-8-11-4-10(7-15)5-12(14)6-11/h4-6,13,16H,3,8-9H2,1-2H3. The smallest absolute Gasteiger partial charge is 0.124 e. The summed E-state index contributed by atoms with van der Waals surface area (Å²) in [6.45, 7) is 3.22. The average molecular weight is 236 g/mol. The van der Waals surface area contributed by atoms with Crippen molar-refractivity contribution in [2.45, 2.75) is 25.9 Å². The fourth-order valence-electron chi connectivity index (χ4n) is 1.60. The van der Waals surface area contributed by atoms with E-state index in [0.29, 0.717) is 18.7 Å². The van der Waals surface area contributed by atoms with Crippen molar-refractivity contribution in [3.05, 3.63) is 35.1 Å². The Morgan fingerprint density at radius 1 is 1.47 bits per heavy atom. The molecule has 0 heterocycles. The second-order valence-electron chi connectivity index (χ2n) is 3.90. The molecule has 0 amide bonds. The number of benzene rings is 1. The molecule has 0 aliphatic rings. The Labute approximate surface area is 101 Å². The van der Waals surface area contributed by atoms with Gasteiger partial charge in [-0.1, -0.05) is 6.92 Å². The lowest BCUT2D eigenvalue weighted by atomic mass is 10.1. The third-order valence-electron chi connectivity index (χ3n) is 2.54. The summed E-state index contributed by atoms with van der Waals surface area (Å²) < 4.78 is 18.2. The molecule has 0 aliphatic carbocycles. The van der Waals surface area contributed by atoms with Gasteiger partial charge in [0.05, 0.1) is 18.2 Å². The van der Waals surface area contributed by atoms with Gasteiger partial charge in [-0.15, -0.1) is 0 Å². The number of hydrogen-bond acceptors (Lipinski definition) is 3. The molecule has 0 saturated carbocycles. The van der Waals surface area contributed by atoms with Crippen molar-refractivity contribution < 1.29 is 9.13 Å². The number of nitrogens with zero attached hydrogens (tertiary/aromatic N) is 1. The van der Waals surface area contributed by atoms with Gasteiger partial charge in [-0.2, -0.15) is 5.26 Å². The van der Waals surface area contributed by atoms with Crippen molar-refractivity contribution in [3.8, 4) is 6.07 Å². The molecule has 92 valence electrons. The van der Waals surface area contributed by atoms with Crippen molar-refractivity contribution >= 4 is 0 Å². The van der Waals surface area contributed by atoms with Crippen LogP contribution in [0.4, 0.5) is 4.39 Å². The highest BCUT2D eigenvalue weighted by Gasteiger charge is 2.06. The van der Waals surface area contributed by atoms with Crippen molar-refractivity contribution in [2.24, 2.45) is 0 Å². The lowest BCUT2D eigenvalue weighted by Crippen LogP contribution is -2.32. The predicted molar refractivity (Wildman–Crippen MR) is 63.9 cm³/mol. The van der Waals surface area contributed by atoms with E-state index in [1.54, 1.807) is 13.2 Å². The van der Waals surface area contributed by atoms with Crippen LogP contribution in [0.3, 0.4) is 0 Å². The Hall–Kier alpha value is -1.44. The minimum absolute atomic E-state index is 0.244. The Balaban J connectivity index is 2.62. The van der Waals surface area contributed by atoms with Gasteiger partial charge in [0.15, 0.2) is 0 Å². The summed E-state index contributed by atoms with van der Waals surface area (Å²) in [7, 11) is 1.65. The van der Waals surface area contributed by atoms with Crippen LogP contribution in [0.1, 0.15) is 24.5 Å². The van der Waals surface area contributed by atoms with Crippen LogP contribution >= 0.6 is 0 Å². The molecule has 17 heavy (non-hydrogen) atoms. The molecular formula is C13H17FN2O. The Morgan fingerprint density at radius 2 is 2.24 bits per heavy atom. The molecule has 0 saturated heterocycles. The van der Waals surface area contributed by atoms with Gasteiger partial charge in [-0.05, 0) is 30.2 Å². The molecule has 1 rings (SSSR count). The topological polar surface area (TPSA) is 45.0 Å². The number of rotatable bonds is 6. The lowest BCUT2D eigenvalue weighted by molar-refractivity contribution is 0.164. The van der Waals surface area contributed by atoms with Crippen molar-refractivity contribution in [2.75, 3.05) is 13.7 Å². The van der Waals surface area contributed by atoms with Crippen molar-refractivity contribution in [1.82, 2.24) is 5.32 Å². The molecule has 0 fully saturated rings. The van der Waals surface area contributed by atoms with Crippen molar-refractivity contribution in [3.63, 3.8) is 0 Å². The average Bonchev–Trinajstić information content (AvgIpc) is 2.33. The van der Waals surface area contributed by atoms with Gasteiger partial charge < -0.3 is 10.1 Å². The molecule has 1 aromatic carbocycles. The highest BCUT2D eigenvalue weighted by Crippen LogP contribution is 2.08. The predicted octanol–water partition coefficient (Wildman–Crippen LogP) is 2.21. The minimum atomic E-state index is -0.374. The maximum absolute atomic E-state index is 13.2. The van der Waals surface area contributed by atoms with Gasteiger partial charge in [0.2, 0.25) is 0 Å². The summed E-state index contributed by atoms with van der Waals surface area (Å²) in [6, 6.07) is 6.55. The van der Waals surface area contributed by atoms with Crippen molar-refractivity contribution in [1.29, 1.82) is 5.26 Å². The molecule has 0 radical (unpaired) electrons. The molecular weight excluding hydrogens is 219 g/mol.